The van der Waals surface area contributed by atoms with Crippen LogP contribution in [0, 0.1) is 0 Å². The highest BCUT2D eigenvalue weighted by Crippen LogP contribution is 2.19. The number of nitrogens with two attached hydrogens (primary N) is 1. The van der Waals surface area contributed by atoms with Gasteiger partial charge in [0.2, 0.25) is 0 Å². The number of aromatic nitrogens is 2. The van der Waals surface area contributed by atoms with Crippen LogP contribution in [0.25, 0.3) is 5.65 Å². The van der Waals surface area contributed by atoms with Crippen molar-refractivity contribution in [3.05, 3.63) is 36.3 Å². The van der Waals surface area contributed by atoms with Crippen LogP contribution < -0.4 is 5.73 Å². The molecule has 0 aliphatic rings. The first kappa shape index (κ1) is 9.21. The molecule has 0 aliphatic heterocycles. The predicted molar refractivity (Wildman–Crippen MR) is 57.3 cm³/mol. The molecule has 0 saturated carbocycles. The average Bonchev–Trinajstić information content (AvgIpc) is 2.64. The SMILES string of the molecule is CC(CCN)c1ccn2ccnc2c1. The first-order valence-corrected chi connectivity index (χ1v) is 4.94. The molecule has 3 nitrogen and oxygen atoms in total. The van der Waals surface area contributed by atoms with Crippen LogP contribution in [0.1, 0.15) is 24.8 Å². The largest absolute Gasteiger partial charge is 0.330 e. The zero-order chi connectivity index (χ0) is 9.97. The third-order valence-electron chi connectivity index (χ3n) is 2.59. The fourth-order valence-corrected chi connectivity index (χ4v) is 1.65. The third kappa shape index (κ3) is 1.63. The van der Waals surface area contributed by atoms with Gasteiger partial charge in [0.15, 0.2) is 0 Å². The number of imidazole rings is 1. The zero-order valence-corrected chi connectivity index (χ0v) is 8.35. The lowest BCUT2D eigenvalue weighted by atomic mass is 9.99. The van der Waals surface area contributed by atoms with Gasteiger partial charge in [0, 0.05) is 18.6 Å². The molecule has 0 spiro atoms. The van der Waals surface area contributed by atoms with Crippen LogP contribution in [0.15, 0.2) is 30.7 Å². The second-order valence-electron chi connectivity index (χ2n) is 3.63. The number of nitrogens with zero attached hydrogens (tertiary/aromatic N) is 2. The van der Waals surface area contributed by atoms with Gasteiger partial charge in [-0.05, 0) is 36.6 Å². The van der Waals surface area contributed by atoms with Gasteiger partial charge < -0.3 is 10.1 Å². The maximum atomic E-state index is 5.54. The van der Waals surface area contributed by atoms with Crippen LogP contribution >= 0.6 is 0 Å². The van der Waals surface area contributed by atoms with E-state index in [1.165, 1.54) is 5.56 Å². The number of fused-ring (bicyclic) bond motifs is 1. The molecule has 0 bridgehead atoms. The topological polar surface area (TPSA) is 43.3 Å². The van der Waals surface area contributed by atoms with Gasteiger partial charge in [0.1, 0.15) is 5.65 Å². The summed E-state index contributed by atoms with van der Waals surface area (Å²) in [5, 5.41) is 0. The fourth-order valence-electron chi connectivity index (χ4n) is 1.65. The maximum Gasteiger partial charge on any atom is 0.136 e. The summed E-state index contributed by atoms with van der Waals surface area (Å²) in [6, 6.07) is 4.26. The second-order valence-corrected chi connectivity index (χ2v) is 3.63. The van der Waals surface area contributed by atoms with Crippen molar-refractivity contribution < 1.29 is 0 Å². The molecule has 0 aliphatic carbocycles. The molecule has 0 amide bonds. The predicted octanol–water partition coefficient (Wildman–Crippen LogP) is 1.79. The number of hydrogen-bond acceptors (Lipinski definition) is 2. The molecule has 1 unspecified atom stereocenters. The first-order chi connectivity index (χ1) is 6.81. The Bertz CT molecular complexity index is 419. The van der Waals surface area contributed by atoms with Gasteiger partial charge in [0.05, 0.1) is 0 Å². The van der Waals surface area contributed by atoms with E-state index in [-0.39, 0.29) is 0 Å². The van der Waals surface area contributed by atoms with Gasteiger partial charge in [-0.15, -0.1) is 0 Å². The van der Waals surface area contributed by atoms with Crippen molar-refractivity contribution in [2.24, 2.45) is 5.73 Å². The van der Waals surface area contributed by atoms with Gasteiger partial charge >= 0.3 is 0 Å². The molecular formula is C11H15N3. The van der Waals surface area contributed by atoms with Crippen LogP contribution in [-0.4, -0.2) is 15.9 Å². The molecule has 3 heteroatoms. The summed E-state index contributed by atoms with van der Waals surface area (Å²) < 4.78 is 2.01. The van der Waals surface area contributed by atoms with Crippen molar-refractivity contribution in [2.75, 3.05) is 6.54 Å². The fraction of sp³-hybridized carbons (Fsp3) is 0.364. The van der Waals surface area contributed by atoms with Gasteiger partial charge in [-0.2, -0.15) is 0 Å². The molecule has 0 saturated heterocycles. The third-order valence-corrected chi connectivity index (χ3v) is 2.59. The van der Waals surface area contributed by atoms with Crippen LogP contribution in [-0.2, 0) is 0 Å². The van der Waals surface area contributed by atoms with E-state index in [1.807, 2.05) is 23.0 Å². The second kappa shape index (κ2) is 3.80. The Morgan fingerprint density at radius 3 is 3.14 bits per heavy atom. The van der Waals surface area contributed by atoms with Crippen molar-refractivity contribution in [1.29, 1.82) is 0 Å². The Hall–Kier alpha value is -1.35. The van der Waals surface area contributed by atoms with Crippen molar-refractivity contribution in [1.82, 2.24) is 9.38 Å². The monoisotopic (exact) mass is 189 g/mol. The molecule has 0 fully saturated rings. The van der Waals surface area contributed by atoms with E-state index in [2.05, 4.69) is 24.0 Å². The molecule has 2 aromatic rings. The van der Waals surface area contributed by atoms with E-state index in [4.69, 9.17) is 5.73 Å². The summed E-state index contributed by atoms with van der Waals surface area (Å²) in [6.45, 7) is 2.93. The number of rotatable bonds is 3. The highest BCUT2D eigenvalue weighted by atomic mass is 15.0. The molecule has 0 aromatic carbocycles. The molecule has 2 N–H and O–H groups in total. The van der Waals surface area contributed by atoms with Crippen LogP contribution in [0.3, 0.4) is 0 Å². The highest BCUT2D eigenvalue weighted by molar-refractivity contribution is 5.42. The molecule has 0 radical (unpaired) electrons. The normalized spacial score (nSPS) is 13.3. The summed E-state index contributed by atoms with van der Waals surface area (Å²) in [5.41, 5.74) is 7.86. The van der Waals surface area contributed by atoms with E-state index in [0.29, 0.717) is 5.92 Å². The van der Waals surface area contributed by atoms with Crippen molar-refractivity contribution >= 4 is 5.65 Å². The van der Waals surface area contributed by atoms with Gasteiger partial charge in [-0.3, -0.25) is 0 Å². The number of pyridine rings is 1. The van der Waals surface area contributed by atoms with Gasteiger partial charge in [-0.1, -0.05) is 6.92 Å². The molecule has 2 aromatic heterocycles. The smallest absolute Gasteiger partial charge is 0.136 e. The highest BCUT2D eigenvalue weighted by Gasteiger charge is 2.05. The summed E-state index contributed by atoms with van der Waals surface area (Å²) in [5.74, 6) is 0.515. The Balaban J connectivity index is 2.33. The van der Waals surface area contributed by atoms with E-state index in [1.54, 1.807) is 0 Å². The van der Waals surface area contributed by atoms with Gasteiger partial charge in [-0.25, -0.2) is 4.98 Å². The summed E-state index contributed by atoms with van der Waals surface area (Å²) >= 11 is 0. The molecule has 74 valence electrons. The summed E-state index contributed by atoms with van der Waals surface area (Å²) in [7, 11) is 0. The van der Waals surface area contributed by atoms with Crippen LogP contribution in [0.5, 0.6) is 0 Å². The first-order valence-electron chi connectivity index (χ1n) is 4.94. The quantitative estimate of drug-likeness (QED) is 0.799. The standard InChI is InChI=1S/C11H15N3/c1-9(2-4-12)10-3-6-14-7-5-13-11(14)8-10/h3,5-9H,2,4,12H2,1H3. The van der Waals surface area contributed by atoms with E-state index in [0.717, 1.165) is 18.6 Å². The molecule has 2 heterocycles. The minimum atomic E-state index is 0.515. The summed E-state index contributed by atoms with van der Waals surface area (Å²) in [4.78, 5) is 4.25. The molecule has 1 atom stereocenters. The Morgan fingerprint density at radius 2 is 2.36 bits per heavy atom. The van der Waals surface area contributed by atoms with E-state index >= 15 is 0 Å². The Morgan fingerprint density at radius 1 is 1.50 bits per heavy atom. The lowest BCUT2D eigenvalue weighted by Crippen LogP contribution is -2.04. The van der Waals surface area contributed by atoms with E-state index < -0.39 is 0 Å². The maximum absolute atomic E-state index is 5.54. The van der Waals surface area contributed by atoms with Crippen molar-refractivity contribution in [2.45, 2.75) is 19.3 Å². The van der Waals surface area contributed by atoms with Gasteiger partial charge in [0.25, 0.3) is 0 Å². The molecular weight excluding hydrogens is 174 g/mol. The average molecular weight is 189 g/mol. The summed E-state index contributed by atoms with van der Waals surface area (Å²) in [6.07, 6.45) is 6.83. The molecule has 14 heavy (non-hydrogen) atoms. The Labute approximate surface area is 83.6 Å². The van der Waals surface area contributed by atoms with E-state index in [9.17, 15) is 0 Å². The lowest BCUT2D eigenvalue weighted by molar-refractivity contribution is 0.689. The van der Waals surface area contributed by atoms with Crippen molar-refractivity contribution in [3.63, 3.8) is 0 Å². The zero-order valence-electron chi connectivity index (χ0n) is 8.35. The lowest BCUT2D eigenvalue weighted by Gasteiger charge is -2.10. The minimum absolute atomic E-state index is 0.515. The minimum Gasteiger partial charge on any atom is -0.330 e. The van der Waals surface area contributed by atoms with Crippen LogP contribution in [0.4, 0.5) is 0 Å². The number of hydrogen-bond donors (Lipinski definition) is 1. The van der Waals surface area contributed by atoms with Crippen molar-refractivity contribution in [3.8, 4) is 0 Å². The Kier molecular flexibility index (Phi) is 2.50. The van der Waals surface area contributed by atoms with Crippen LogP contribution in [0.2, 0.25) is 0 Å². The molecule has 2 rings (SSSR count).